The number of halogens is 1. The molecule has 0 fully saturated rings. The van der Waals surface area contributed by atoms with Gasteiger partial charge in [-0.2, -0.15) is 0 Å². The van der Waals surface area contributed by atoms with E-state index < -0.39 is 5.82 Å². The number of nitrogens with zero attached hydrogens (tertiary/aromatic N) is 1. The summed E-state index contributed by atoms with van der Waals surface area (Å²) in [6.07, 6.45) is 4.59. The minimum absolute atomic E-state index is 0.234. The van der Waals surface area contributed by atoms with Gasteiger partial charge in [0.1, 0.15) is 5.82 Å². The predicted molar refractivity (Wildman–Crippen MR) is 93.6 cm³/mol. The molecule has 0 saturated carbocycles. The Balaban J connectivity index is 1.76. The molecule has 5 heteroatoms. The lowest BCUT2D eigenvalue weighted by molar-refractivity contribution is -0.120. The van der Waals surface area contributed by atoms with Crippen LogP contribution in [0.1, 0.15) is 30.9 Å². The van der Waals surface area contributed by atoms with Crippen molar-refractivity contribution >= 4 is 17.8 Å². The molecule has 2 rings (SSSR count). The average molecular weight is 328 g/mol. The van der Waals surface area contributed by atoms with Crippen LogP contribution in [0.15, 0.2) is 53.7 Å². The minimum atomic E-state index is -0.391. The van der Waals surface area contributed by atoms with Crippen molar-refractivity contribution in [2.24, 2.45) is 5.16 Å². The third-order valence-electron chi connectivity index (χ3n) is 3.42. The molecule has 0 aliphatic carbocycles. The number of hydrogen-bond acceptors (Lipinski definition) is 3. The maximum Gasteiger partial charge on any atom is 0.265 e. The third kappa shape index (κ3) is 5.83. The van der Waals surface area contributed by atoms with E-state index in [1.165, 1.54) is 17.8 Å². The molecule has 0 bridgehead atoms. The van der Waals surface area contributed by atoms with Crippen LogP contribution in [0.5, 0.6) is 0 Å². The second-order valence-corrected chi connectivity index (χ2v) is 5.38. The summed E-state index contributed by atoms with van der Waals surface area (Å²) in [7, 11) is 0. The Kier molecular flexibility index (Phi) is 6.95. The van der Waals surface area contributed by atoms with E-state index >= 15 is 0 Å². The van der Waals surface area contributed by atoms with Gasteiger partial charge in [0.25, 0.3) is 5.91 Å². The lowest BCUT2D eigenvalue weighted by atomic mass is 10.1. The summed E-state index contributed by atoms with van der Waals surface area (Å²) in [5, 5.41) is 6.33. The van der Waals surface area contributed by atoms with Gasteiger partial charge in [-0.05, 0) is 36.6 Å². The van der Waals surface area contributed by atoms with Gasteiger partial charge in [0, 0.05) is 11.3 Å². The van der Waals surface area contributed by atoms with E-state index in [2.05, 4.69) is 17.4 Å². The van der Waals surface area contributed by atoms with Crippen molar-refractivity contribution in [3.8, 4) is 0 Å². The molecule has 1 amide bonds. The predicted octanol–water partition coefficient (Wildman–Crippen LogP) is 4.16. The Morgan fingerprint density at radius 1 is 1.21 bits per heavy atom. The molecule has 24 heavy (non-hydrogen) atoms. The molecule has 0 heterocycles. The van der Waals surface area contributed by atoms with Gasteiger partial charge in [-0.3, -0.25) is 4.79 Å². The first-order valence-corrected chi connectivity index (χ1v) is 7.97. The van der Waals surface area contributed by atoms with Gasteiger partial charge in [-0.15, -0.1) is 0 Å². The molecule has 0 aliphatic heterocycles. The molecule has 2 aromatic rings. The Morgan fingerprint density at radius 3 is 2.67 bits per heavy atom. The number of carbonyl (C=O) groups is 1. The van der Waals surface area contributed by atoms with E-state index in [0.717, 1.165) is 19.3 Å². The van der Waals surface area contributed by atoms with E-state index in [1.54, 1.807) is 18.2 Å². The maximum absolute atomic E-state index is 13.3. The quantitative estimate of drug-likeness (QED) is 0.584. The molecule has 0 atom stereocenters. The van der Waals surface area contributed by atoms with E-state index in [1.807, 2.05) is 24.3 Å². The van der Waals surface area contributed by atoms with Crippen molar-refractivity contribution in [3.05, 3.63) is 65.5 Å². The molecular weight excluding hydrogens is 307 g/mol. The summed E-state index contributed by atoms with van der Waals surface area (Å²) in [5.74, 6) is -0.709. The normalized spacial score (nSPS) is 10.8. The highest BCUT2D eigenvalue weighted by Gasteiger charge is 2.03. The molecule has 0 unspecified atom stereocenters. The van der Waals surface area contributed by atoms with Gasteiger partial charge < -0.3 is 10.2 Å². The summed E-state index contributed by atoms with van der Waals surface area (Å²) in [6.45, 7) is 1.92. The monoisotopic (exact) mass is 328 g/mol. The molecule has 4 nitrogen and oxygen atoms in total. The first kappa shape index (κ1) is 17.7. The molecule has 2 aromatic carbocycles. The van der Waals surface area contributed by atoms with Crippen molar-refractivity contribution in [2.45, 2.75) is 26.2 Å². The number of benzene rings is 2. The smallest absolute Gasteiger partial charge is 0.265 e. The van der Waals surface area contributed by atoms with Crippen molar-refractivity contribution in [1.82, 2.24) is 0 Å². The van der Waals surface area contributed by atoms with Crippen LogP contribution in [0.4, 0.5) is 10.1 Å². The highest BCUT2D eigenvalue weighted by molar-refractivity contribution is 5.91. The Hall–Kier alpha value is -2.69. The van der Waals surface area contributed by atoms with E-state index in [4.69, 9.17) is 4.84 Å². The molecule has 0 aliphatic rings. The van der Waals surface area contributed by atoms with E-state index in [9.17, 15) is 9.18 Å². The zero-order valence-electron chi connectivity index (χ0n) is 13.7. The van der Waals surface area contributed by atoms with Crippen LogP contribution < -0.4 is 5.32 Å². The summed E-state index contributed by atoms with van der Waals surface area (Å²) < 4.78 is 13.3. The number of unbranched alkanes of at least 4 members (excludes halogenated alkanes) is 1. The van der Waals surface area contributed by atoms with Crippen molar-refractivity contribution < 1.29 is 14.0 Å². The molecule has 1 N–H and O–H groups in total. The van der Waals surface area contributed by atoms with Crippen LogP contribution >= 0.6 is 0 Å². The minimum Gasteiger partial charge on any atom is -0.386 e. The number of anilines is 1. The maximum atomic E-state index is 13.3. The number of carbonyl (C=O) groups excluding carboxylic acids is 1. The van der Waals surface area contributed by atoms with Gasteiger partial charge in [0.15, 0.2) is 6.61 Å². The zero-order chi connectivity index (χ0) is 17.2. The number of hydrogen-bond donors (Lipinski definition) is 1. The fourth-order valence-corrected chi connectivity index (χ4v) is 2.10. The Labute approximate surface area is 141 Å². The lowest BCUT2D eigenvalue weighted by Gasteiger charge is -2.06. The Bertz CT molecular complexity index is 684. The second-order valence-electron chi connectivity index (χ2n) is 5.38. The van der Waals surface area contributed by atoms with Gasteiger partial charge in [-0.25, -0.2) is 4.39 Å². The average Bonchev–Trinajstić information content (AvgIpc) is 2.59. The van der Waals surface area contributed by atoms with Crippen molar-refractivity contribution in [1.29, 1.82) is 0 Å². The fourth-order valence-electron chi connectivity index (χ4n) is 2.10. The van der Waals surface area contributed by atoms with Crippen LogP contribution in [0.2, 0.25) is 0 Å². The summed E-state index contributed by atoms with van der Waals surface area (Å²) in [5.41, 5.74) is 2.27. The number of nitrogens with one attached hydrogen (secondary N) is 1. The van der Waals surface area contributed by atoms with Crippen LogP contribution in [0.25, 0.3) is 0 Å². The Morgan fingerprint density at radius 2 is 1.96 bits per heavy atom. The molecular formula is C19H21FN2O2. The highest BCUT2D eigenvalue weighted by Crippen LogP contribution is 2.11. The van der Waals surface area contributed by atoms with Crippen LogP contribution in [-0.2, 0) is 16.1 Å². The number of oxime groups is 1. The molecule has 0 saturated heterocycles. The zero-order valence-corrected chi connectivity index (χ0v) is 13.7. The molecule has 0 aromatic heterocycles. The molecule has 0 radical (unpaired) electrons. The summed E-state index contributed by atoms with van der Waals surface area (Å²) in [4.78, 5) is 16.7. The molecule has 126 valence electrons. The van der Waals surface area contributed by atoms with Crippen molar-refractivity contribution in [2.75, 3.05) is 11.9 Å². The second kappa shape index (κ2) is 9.45. The number of rotatable bonds is 8. The summed E-state index contributed by atoms with van der Waals surface area (Å²) >= 11 is 0. The van der Waals surface area contributed by atoms with Crippen LogP contribution in [0, 0.1) is 5.82 Å². The first-order valence-electron chi connectivity index (χ1n) is 7.97. The van der Waals surface area contributed by atoms with E-state index in [0.29, 0.717) is 11.3 Å². The molecule has 0 spiro atoms. The van der Waals surface area contributed by atoms with Gasteiger partial charge >= 0.3 is 0 Å². The fraction of sp³-hybridized carbons (Fsp3) is 0.263. The summed E-state index contributed by atoms with van der Waals surface area (Å²) in [6, 6.07) is 13.9. The van der Waals surface area contributed by atoms with Crippen molar-refractivity contribution in [3.63, 3.8) is 0 Å². The number of amides is 1. The van der Waals surface area contributed by atoms with Gasteiger partial charge in [0.2, 0.25) is 0 Å². The van der Waals surface area contributed by atoms with Crippen LogP contribution in [-0.4, -0.2) is 18.7 Å². The largest absolute Gasteiger partial charge is 0.386 e. The SMILES string of the molecule is CCCCc1ccc(NC(=O)CO/N=C\c2ccccc2F)cc1. The first-order chi connectivity index (χ1) is 11.7. The van der Waals surface area contributed by atoms with Gasteiger partial charge in [-0.1, -0.05) is 48.8 Å². The van der Waals surface area contributed by atoms with E-state index in [-0.39, 0.29) is 12.5 Å². The number of aryl methyl sites for hydroxylation is 1. The van der Waals surface area contributed by atoms with Gasteiger partial charge in [0.05, 0.1) is 6.21 Å². The highest BCUT2D eigenvalue weighted by atomic mass is 19.1. The third-order valence-corrected chi connectivity index (χ3v) is 3.42. The lowest BCUT2D eigenvalue weighted by Crippen LogP contribution is -2.16. The standard InChI is InChI=1S/C19H21FN2O2/c1-2-3-6-15-9-11-17(12-10-15)22-19(23)14-24-21-13-16-7-4-5-8-18(16)20/h4-5,7-13H,2-3,6,14H2,1H3,(H,22,23)/b21-13-. The van der Waals surface area contributed by atoms with Crippen LogP contribution in [0.3, 0.4) is 0 Å². The topological polar surface area (TPSA) is 50.7 Å².